The van der Waals surface area contributed by atoms with E-state index in [1.807, 2.05) is 18.9 Å². The van der Waals surface area contributed by atoms with Crippen molar-refractivity contribution in [2.24, 2.45) is 0 Å². The molecular weight excluding hydrogens is 170 g/mol. The number of nitrogens with zero attached hydrogens (tertiary/aromatic N) is 1. The molecule has 0 aromatic carbocycles. The summed E-state index contributed by atoms with van der Waals surface area (Å²) in [7, 11) is 3.60. The molecule has 0 amide bonds. The Morgan fingerprint density at radius 3 is 2.69 bits per heavy atom. The van der Waals surface area contributed by atoms with E-state index in [0.717, 1.165) is 19.6 Å². The van der Waals surface area contributed by atoms with E-state index < -0.39 is 5.97 Å². The number of rotatable bonds is 7. The first-order valence-electron chi connectivity index (χ1n) is 4.49. The molecule has 78 valence electrons. The minimum absolute atomic E-state index is 0.0920. The Morgan fingerprint density at radius 1 is 1.62 bits per heavy atom. The Morgan fingerprint density at radius 2 is 2.23 bits per heavy atom. The molecule has 0 aromatic heterocycles. The highest BCUT2D eigenvalue weighted by atomic mass is 16.5. The lowest BCUT2D eigenvalue weighted by Gasteiger charge is -2.22. The van der Waals surface area contributed by atoms with Gasteiger partial charge < -0.3 is 14.7 Å². The van der Waals surface area contributed by atoms with E-state index in [-0.39, 0.29) is 12.5 Å². The third-order valence-corrected chi connectivity index (χ3v) is 2.08. The van der Waals surface area contributed by atoms with Gasteiger partial charge in [-0.25, -0.2) is 0 Å². The fraction of sp³-hybridized carbons (Fsp3) is 0.889. The van der Waals surface area contributed by atoms with Crippen molar-refractivity contribution in [3.05, 3.63) is 0 Å². The average Bonchev–Trinajstić information content (AvgIpc) is 2.03. The molecule has 0 saturated carbocycles. The summed E-state index contributed by atoms with van der Waals surface area (Å²) >= 11 is 0. The fourth-order valence-corrected chi connectivity index (χ4v) is 1.09. The smallest absolute Gasteiger partial charge is 0.304 e. The predicted octanol–water partition coefficient (Wildman–Crippen LogP) is 0.818. The highest BCUT2D eigenvalue weighted by Crippen LogP contribution is 2.01. The first kappa shape index (κ1) is 12.4. The van der Waals surface area contributed by atoms with Crippen LogP contribution in [0, 0.1) is 0 Å². The largest absolute Gasteiger partial charge is 0.481 e. The van der Waals surface area contributed by atoms with Crippen molar-refractivity contribution in [2.45, 2.75) is 25.8 Å². The molecule has 4 nitrogen and oxygen atoms in total. The van der Waals surface area contributed by atoms with Crippen LogP contribution >= 0.6 is 0 Å². The van der Waals surface area contributed by atoms with E-state index in [9.17, 15) is 4.79 Å². The van der Waals surface area contributed by atoms with Gasteiger partial charge in [0.15, 0.2) is 0 Å². The van der Waals surface area contributed by atoms with Crippen LogP contribution in [0.5, 0.6) is 0 Å². The van der Waals surface area contributed by atoms with Crippen LogP contribution in [0.2, 0.25) is 0 Å². The topological polar surface area (TPSA) is 49.8 Å². The van der Waals surface area contributed by atoms with Gasteiger partial charge in [-0.1, -0.05) is 0 Å². The van der Waals surface area contributed by atoms with Crippen molar-refractivity contribution in [1.82, 2.24) is 4.90 Å². The molecule has 13 heavy (non-hydrogen) atoms. The molecule has 0 fully saturated rings. The van der Waals surface area contributed by atoms with Gasteiger partial charge in [-0.05, 0) is 20.4 Å². The Bertz CT molecular complexity index is 150. The Hall–Kier alpha value is -0.610. The molecule has 1 atom stereocenters. The fourth-order valence-electron chi connectivity index (χ4n) is 1.09. The molecule has 0 bridgehead atoms. The Balaban J connectivity index is 3.56. The van der Waals surface area contributed by atoms with Crippen molar-refractivity contribution in [3.8, 4) is 0 Å². The minimum atomic E-state index is -0.744. The van der Waals surface area contributed by atoms with E-state index in [1.165, 1.54) is 0 Å². The highest BCUT2D eigenvalue weighted by Gasteiger charge is 2.11. The first-order valence-corrected chi connectivity index (χ1v) is 4.49. The predicted molar refractivity (Wildman–Crippen MR) is 50.8 cm³/mol. The summed E-state index contributed by atoms with van der Waals surface area (Å²) in [5.41, 5.74) is 0. The number of carboxylic acids is 1. The van der Waals surface area contributed by atoms with E-state index in [1.54, 1.807) is 7.11 Å². The molecule has 0 heterocycles. The zero-order chi connectivity index (χ0) is 10.3. The van der Waals surface area contributed by atoms with Gasteiger partial charge in [0.1, 0.15) is 0 Å². The average molecular weight is 189 g/mol. The maximum Gasteiger partial charge on any atom is 0.304 e. The standard InChI is InChI=1S/C9H19NO3/c1-8(7-9(11)12)10(2)5-4-6-13-3/h8H,4-7H2,1-3H3,(H,11,12). The van der Waals surface area contributed by atoms with E-state index in [0.29, 0.717) is 0 Å². The highest BCUT2D eigenvalue weighted by molar-refractivity contribution is 5.67. The number of carbonyl (C=O) groups is 1. The van der Waals surface area contributed by atoms with E-state index in [2.05, 4.69) is 0 Å². The number of ether oxygens (including phenoxy) is 1. The molecule has 0 saturated heterocycles. The Kier molecular flexibility index (Phi) is 6.54. The minimum Gasteiger partial charge on any atom is -0.481 e. The van der Waals surface area contributed by atoms with Gasteiger partial charge in [0.25, 0.3) is 0 Å². The van der Waals surface area contributed by atoms with Crippen molar-refractivity contribution in [1.29, 1.82) is 0 Å². The van der Waals surface area contributed by atoms with Gasteiger partial charge in [0.05, 0.1) is 6.42 Å². The normalized spacial score (nSPS) is 13.2. The molecule has 0 aliphatic carbocycles. The second kappa shape index (κ2) is 6.86. The molecule has 0 rings (SSSR count). The second-order valence-electron chi connectivity index (χ2n) is 3.27. The van der Waals surface area contributed by atoms with Crippen LogP contribution in [0.4, 0.5) is 0 Å². The van der Waals surface area contributed by atoms with Gasteiger partial charge in [-0.3, -0.25) is 4.79 Å². The summed E-state index contributed by atoms with van der Waals surface area (Å²) in [4.78, 5) is 12.4. The molecule has 0 aromatic rings. The van der Waals surface area contributed by atoms with Crippen molar-refractivity contribution < 1.29 is 14.6 Å². The molecule has 0 aliphatic rings. The zero-order valence-electron chi connectivity index (χ0n) is 8.62. The van der Waals surface area contributed by atoms with Crippen molar-refractivity contribution in [3.63, 3.8) is 0 Å². The monoisotopic (exact) mass is 189 g/mol. The molecule has 0 radical (unpaired) electrons. The summed E-state index contributed by atoms with van der Waals surface area (Å²) in [5, 5.41) is 8.55. The van der Waals surface area contributed by atoms with Crippen LogP contribution in [0.15, 0.2) is 0 Å². The van der Waals surface area contributed by atoms with Crippen LogP contribution in [0.3, 0.4) is 0 Å². The molecule has 4 heteroatoms. The molecule has 0 spiro atoms. The summed E-state index contributed by atoms with van der Waals surface area (Å²) in [6.45, 7) is 3.52. The van der Waals surface area contributed by atoms with Gasteiger partial charge in [-0.15, -0.1) is 0 Å². The number of aliphatic carboxylic acids is 1. The van der Waals surface area contributed by atoms with Crippen LogP contribution in [-0.2, 0) is 9.53 Å². The lowest BCUT2D eigenvalue weighted by molar-refractivity contribution is -0.138. The SMILES string of the molecule is COCCCN(C)C(C)CC(=O)O. The van der Waals surface area contributed by atoms with E-state index >= 15 is 0 Å². The van der Waals surface area contributed by atoms with Crippen molar-refractivity contribution >= 4 is 5.97 Å². The maximum absolute atomic E-state index is 10.4. The van der Waals surface area contributed by atoms with Crippen LogP contribution in [0.25, 0.3) is 0 Å². The lowest BCUT2D eigenvalue weighted by Crippen LogP contribution is -2.32. The summed E-state index contributed by atoms with van der Waals surface area (Å²) in [6.07, 6.45) is 1.14. The quantitative estimate of drug-likeness (QED) is 0.602. The number of hydrogen-bond acceptors (Lipinski definition) is 3. The number of carboxylic acid groups (broad SMARTS) is 1. The van der Waals surface area contributed by atoms with Crippen LogP contribution < -0.4 is 0 Å². The molecule has 1 N–H and O–H groups in total. The van der Waals surface area contributed by atoms with Gasteiger partial charge >= 0.3 is 5.97 Å². The number of hydrogen-bond donors (Lipinski definition) is 1. The summed E-state index contributed by atoms with van der Waals surface area (Å²) in [6, 6.07) is 0.0920. The third kappa shape index (κ3) is 6.54. The molecule has 0 aliphatic heterocycles. The van der Waals surface area contributed by atoms with Crippen LogP contribution in [-0.4, -0.2) is 49.3 Å². The van der Waals surface area contributed by atoms with Gasteiger partial charge in [-0.2, -0.15) is 0 Å². The third-order valence-electron chi connectivity index (χ3n) is 2.08. The van der Waals surface area contributed by atoms with Gasteiger partial charge in [0.2, 0.25) is 0 Å². The van der Waals surface area contributed by atoms with Gasteiger partial charge in [0, 0.05) is 26.3 Å². The second-order valence-corrected chi connectivity index (χ2v) is 3.27. The van der Waals surface area contributed by atoms with E-state index in [4.69, 9.17) is 9.84 Å². The maximum atomic E-state index is 10.4. The summed E-state index contributed by atoms with van der Waals surface area (Å²) < 4.78 is 4.91. The number of methoxy groups -OCH3 is 1. The van der Waals surface area contributed by atoms with Crippen LogP contribution in [0.1, 0.15) is 19.8 Å². The molecular formula is C9H19NO3. The lowest BCUT2D eigenvalue weighted by atomic mass is 10.2. The summed E-state index contributed by atoms with van der Waals surface area (Å²) in [5.74, 6) is -0.744. The zero-order valence-corrected chi connectivity index (χ0v) is 8.62. The first-order chi connectivity index (χ1) is 6.07. The molecule has 1 unspecified atom stereocenters. The Labute approximate surface area is 79.5 Å². The van der Waals surface area contributed by atoms with Crippen molar-refractivity contribution in [2.75, 3.05) is 27.3 Å².